The van der Waals surface area contributed by atoms with Crippen LogP contribution in [0.2, 0.25) is 0 Å². The Morgan fingerprint density at radius 2 is 2.17 bits per heavy atom. The monoisotopic (exact) mass is 403 g/mol. The Kier molecular flexibility index (Phi) is 7.59. The summed E-state index contributed by atoms with van der Waals surface area (Å²) in [6, 6.07) is 1.19. The molecule has 8 nitrogen and oxygen atoms in total. The number of likely N-dealkylation sites (N-methyl/N-ethyl adjacent to an activating group) is 1. The summed E-state index contributed by atoms with van der Waals surface area (Å²) in [4.78, 5) is 32.3. The van der Waals surface area contributed by atoms with Crippen molar-refractivity contribution in [1.82, 2.24) is 14.8 Å². The van der Waals surface area contributed by atoms with Crippen molar-refractivity contribution in [1.29, 1.82) is 0 Å². The fraction of sp³-hybridized carbons (Fsp3) is 0.571. The van der Waals surface area contributed by atoms with Crippen LogP contribution in [-0.2, 0) is 4.79 Å². The molecule has 0 spiro atoms. The van der Waals surface area contributed by atoms with Gasteiger partial charge in [-0.05, 0) is 19.9 Å². The fourth-order valence-corrected chi connectivity index (χ4v) is 2.97. The second kappa shape index (κ2) is 9.72. The number of ether oxygens (including phenoxy) is 1. The number of aliphatic hydroxyl groups is 2. The maximum atomic E-state index is 13.2. The minimum Gasteiger partial charge on any atom is -0.472 e. The lowest BCUT2D eigenvalue weighted by Crippen LogP contribution is -2.50. The molecular weight excluding hydrogens is 374 g/mol. The number of rotatable bonds is 4. The molecule has 29 heavy (non-hydrogen) atoms. The van der Waals surface area contributed by atoms with Crippen LogP contribution < -0.4 is 4.74 Å². The van der Waals surface area contributed by atoms with Crippen molar-refractivity contribution >= 4 is 11.8 Å². The fourth-order valence-electron chi connectivity index (χ4n) is 2.97. The van der Waals surface area contributed by atoms with Crippen molar-refractivity contribution in [2.24, 2.45) is 5.92 Å². The number of nitrogens with zero attached hydrogens (tertiary/aromatic N) is 3. The van der Waals surface area contributed by atoms with E-state index in [1.54, 1.807) is 36.8 Å². The van der Waals surface area contributed by atoms with Gasteiger partial charge in [-0.25, -0.2) is 4.98 Å². The van der Waals surface area contributed by atoms with Crippen LogP contribution in [0, 0.1) is 17.8 Å². The summed E-state index contributed by atoms with van der Waals surface area (Å²) in [6.45, 7) is 7.27. The molecule has 0 aromatic carbocycles. The van der Waals surface area contributed by atoms with Crippen LogP contribution in [0.4, 0.5) is 0 Å². The highest BCUT2D eigenvalue weighted by Gasteiger charge is 2.34. The molecule has 0 fully saturated rings. The number of amides is 2. The number of hydrogen-bond acceptors (Lipinski definition) is 6. The van der Waals surface area contributed by atoms with E-state index in [2.05, 4.69) is 16.8 Å². The largest absolute Gasteiger partial charge is 0.472 e. The molecule has 1 aliphatic heterocycles. The van der Waals surface area contributed by atoms with E-state index in [0.29, 0.717) is 18.7 Å². The average Bonchev–Trinajstić information content (AvgIpc) is 2.68. The van der Waals surface area contributed by atoms with Crippen LogP contribution in [-0.4, -0.2) is 81.8 Å². The molecule has 0 radical (unpaired) electrons. The van der Waals surface area contributed by atoms with E-state index < -0.39 is 12.1 Å². The highest BCUT2D eigenvalue weighted by molar-refractivity contribution is 5.97. The van der Waals surface area contributed by atoms with E-state index in [-0.39, 0.29) is 41.9 Å². The topological polar surface area (TPSA) is 103 Å². The van der Waals surface area contributed by atoms with Crippen LogP contribution >= 0.6 is 0 Å². The van der Waals surface area contributed by atoms with Crippen LogP contribution in [0.1, 0.15) is 43.6 Å². The minimum absolute atomic E-state index is 0.0866. The number of hydrogen-bond donors (Lipinski definition) is 2. The lowest BCUT2D eigenvalue weighted by molar-refractivity contribution is -0.129. The van der Waals surface area contributed by atoms with E-state index in [9.17, 15) is 19.8 Å². The van der Waals surface area contributed by atoms with Gasteiger partial charge in [0.15, 0.2) is 0 Å². The van der Waals surface area contributed by atoms with E-state index in [0.717, 1.165) is 0 Å². The van der Waals surface area contributed by atoms with Gasteiger partial charge in [-0.15, -0.1) is 0 Å². The smallest absolute Gasteiger partial charge is 0.259 e. The molecule has 1 aromatic rings. The molecule has 1 aliphatic rings. The highest BCUT2D eigenvalue weighted by atomic mass is 16.5. The maximum Gasteiger partial charge on any atom is 0.259 e. The van der Waals surface area contributed by atoms with Crippen molar-refractivity contribution in [2.75, 3.05) is 26.7 Å². The zero-order valence-electron chi connectivity index (χ0n) is 17.5. The second-order valence-corrected chi connectivity index (χ2v) is 7.54. The lowest BCUT2D eigenvalue weighted by atomic mass is 10.00. The Hall–Kier alpha value is -2.63. The van der Waals surface area contributed by atoms with Crippen LogP contribution in [0.3, 0.4) is 0 Å². The van der Waals surface area contributed by atoms with Gasteiger partial charge in [0.05, 0.1) is 19.2 Å². The molecule has 0 saturated carbocycles. The van der Waals surface area contributed by atoms with Gasteiger partial charge in [0.2, 0.25) is 11.8 Å². The maximum absolute atomic E-state index is 13.2. The van der Waals surface area contributed by atoms with Gasteiger partial charge in [-0.3, -0.25) is 9.59 Å². The number of carbonyl (C=O) groups excluding carboxylic acids is 2. The van der Waals surface area contributed by atoms with E-state index >= 15 is 0 Å². The number of pyridine rings is 1. The summed E-state index contributed by atoms with van der Waals surface area (Å²) in [5.41, 5.74) is 0.717. The molecule has 2 N–H and O–H groups in total. The predicted molar refractivity (Wildman–Crippen MR) is 107 cm³/mol. The molecule has 8 heteroatoms. The predicted octanol–water partition coefficient (Wildman–Crippen LogP) is 0.512. The lowest BCUT2D eigenvalue weighted by Gasteiger charge is -2.37. The summed E-state index contributed by atoms with van der Waals surface area (Å²) in [5.74, 6) is 5.09. The van der Waals surface area contributed by atoms with Crippen LogP contribution in [0.5, 0.6) is 5.88 Å². The molecule has 4 atom stereocenters. The Labute approximate surface area is 171 Å². The van der Waals surface area contributed by atoms with E-state index in [1.807, 2.05) is 6.92 Å². The molecule has 2 heterocycles. The van der Waals surface area contributed by atoms with Crippen LogP contribution in [0.25, 0.3) is 0 Å². The number of fused-ring (bicyclic) bond motifs is 1. The normalized spacial score (nSPS) is 20.9. The van der Waals surface area contributed by atoms with Crippen molar-refractivity contribution < 1.29 is 24.5 Å². The molecule has 2 rings (SSSR count). The molecular formula is C21H29N3O5. The summed E-state index contributed by atoms with van der Waals surface area (Å²) in [5, 5.41) is 19.0. The van der Waals surface area contributed by atoms with Gasteiger partial charge in [0, 0.05) is 38.2 Å². The van der Waals surface area contributed by atoms with Gasteiger partial charge in [-0.1, -0.05) is 18.8 Å². The van der Waals surface area contributed by atoms with Crippen LogP contribution in [0.15, 0.2) is 12.3 Å². The Morgan fingerprint density at radius 3 is 2.76 bits per heavy atom. The number of carbonyl (C=O) groups is 2. The van der Waals surface area contributed by atoms with E-state index in [1.165, 1.54) is 13.1 Å². The molecule has 2 amide bonds. The van der Waals surface area contributed by atoms with Gasteiger partial charge in [0.25, 0.3) is 5.91 Å². The molecule has 0 bridgehead atoms. The Bertz CT molecular complexity index is 814. The van der Waals surface area contributed by atoms with Gasteiger partial charge < -0.3 is 24.7 Å². The minimum atomic E-state index is -0.804. The molecule has 1 aromatic heterocycles. The van der Waals surface area contributed by atoms with Crippen molar-refractivity contribution in [3.8, 4) is 17.7 Å². The third kappa shape index (κ3) is 5.68. The first-order valence-electron chi connectivity index (χ1n) is 9.63. The SMILES string of the molecule is CC(=O)N(C)C[C@@H]1Oc2ncc(C#C[C@H](C)O)cc2C(=O)N([C@H](C)CO)C[C@H]1C. The highest BCUT2D eigenvalue weighted by Crippen LogP contribution is 2.27. The Balaban J connectivity index is 2.49. The zero-order valence-corrected chi connectivity index (χ0v) is 17.5. The first kappa shape index (κ1) is 22.7. The van der Waals surface area contributed by atoms with Gasteiger partial charge in [-0.2, -0.15) is 0 Å². The standard InChI is InChI=1S/C21H29N3O5/c1-13-10-24(14(2)12-25)21(28)18-8-17(7-6-15(3)26)9-22-20(18)29-19(13)11-23(5)16(4)27/h8-9,13-15,19,25-26H,10-12H2,1-5H3/t13-,14-,15+,19+/m1/s1. The third-order valence-electron chi connectivity index (χ3n) is 4.94. The first-order valence-corrected chi connectivity index (χ1v) is 9.63. The molecule has 0 saturated heterocycles. The summed E-state index contributed by atoms with van der Waals surface area (Å²) in [6.07, 6.45) is 0.299. The summed E-state index contributed by atoms with van der Waals surface area (Å²) in [7, 11) is 1.69. The molecule has 0 unspecified atom stereocenters. The van der Waals surface area contributed by atoms with Crippen molar-refractivity contribution in [2.45, 2.75) is 45.9 Å². The third-order valence-corrected chi connectivity index (χ3v) is 4.94. The molecule has 158 valence electrons. The first-order chi connectivity index (χ1) is 13.6. The van der Waals surface area contributed by atoms with Gasteiger partial charge >= 0.3 is 0 Å². The second-order valence-electron chi connectivity index (χ2n) is 7.54. The number of aliphatic hydroxyl groups excluding tert-OH is 2. The van der Waals surface area contributed by atoms with Gasteiger partial charge in [0.1, 0.15) is 17.8 Å². The molecule has 0 aliphatic carbocycles. The average molecular weight is 403 g/mol. The summed E-state index contributed by atoms with van der Waals surface area (Å²) < 4.78 is 6.07. The summed E-state index contributed by atoms with van der Waals surface area (Å²) >= 11 is 0. The Morgan fingerprint density at radius 1 is 1.48 bits per heavy atom. The zero-order chi connectivity index (χ0) is 21.7. The van der Waals surface area contributed by atoms with Crippen molar-refractivity contribution in [3.05, 3.63) is 23.4 Å². The quantitative estimate of drug-likeness (QED) is 0.710. The van der Waals surface area contributed by atoms with Crippen molar-refractivity contribution in [3.63, 3.8) is 0 Å². The van der Waals surface area contributed by atoms with E-state index in [4.69, 9.17) is 4.74 Å². The number of aromatic nitrogens is 1.